The standard InChI is InChI=1S/C11H14NO2.NO3/c1-10(2)11(13)14-9-8-12-6-4-3-5-7-12;2-1(3)4/h3-7H,1,8-9H2,2H3;/q+1;-1. The zero-order chi connectivity index (χ0) is 14.0. The number of rotatable bonds is 4. The molecule has 0 fully saturated rings. The van der Waals surface area contributed by atoms with Gasteiger partial charge in [0.15, 0.2) is 25.5 Å². The van der Waals surface area contributed by atoms with Gasteiger partial charge >= 0.3 is 5.97 Å². The first kappa shape index (κ1) is 15.6. The third kappa shape index (κ3) is 8.84. The molecule has 0 atom stereocenters. The van der Waals surface area contributed by atoms with Crippen LogP contribution in [0.2, 0.25) is 0 Å². The number of esters is 1. The zero-order valence-electron chi connectivity index (χ0n) is 9.94. The van der Waals surface area contributed by atoms with Crippen LogP contribution in [0.4, 0.5) is 0 Å². The molecule has 1 rings (SSSR count). The lowest BCUT2D eigenvalue weighted by Crippen LogP contribution is -2.35. The Balaban J connectivity index is 0.000000631. The molecule has 98 valence electrons. The second-order valence-electron chi connectivity index (χ2n) is 3.25. The van der Waals surface area contributed by atoms with E-state index in [1.54, 1.807) is 6.92 Å². The first-order valence-electron chi connectivity index (χ1n) is 5.01. The monoisotopic (exact) mass is 254 g/mol. The smallest absolute Gasteiger partial charge is 0.333 e. The van der Waals surface area contributed by atoms with E-state index in [9.17, 15) is 4.79 Å². The fourth-order valence-electron chi connectivity index (χ4n) is 0.950. The summed E-state index contributed by atoms with van der Waals surface area (Å²) in [5, 5.41) is 14.8. The average Bonchev–Trinajstić information content (AvgIpc) is 2.29. The SMILES string of the molecule is C=C(C)C(=O)OCC[n+]1ccccc1.O=[N+]([O-])[O-]. The van der Waals surface area contributed by atoms with Crippen molar-refractivity contribution in [1.82, 2.24) is 0 Å². The molecule has 1 heterocycles. The number of carbonyl (C=O) groups is 1. The second kappa shape index (κ2) is 8.68. The van der Waals surface area contributed by atoms with Gasteiger partial charge in [0.25, 0.3) is 0 Å². The van der Waals surface area contributed by atoms with Crippen molar-refractivity contribution in [3.63, 3.8) is 0 Å². The van der Waals surface area contributed by atoms with E-state index in [0.29, 0.717) is 18.7 Å². The van der Waals surface area contributed by atoms with Gasteiger partial charge in [0, 0.05) is 17.7 Å². The molecule has 1 aromatic heterocycles. The van der Waals surface area contributed by atoms with Crippen molar-refractivity contribution in [3.8, 4) is 0 Å². The first-order chi connectivity index (χ1) is 8.43. The van der Waals surface area contributed by atoms with E-state index in [1.165, 1.54) is 0 Å². The van der Waals surface area contributed by atoms with Gasteiger partial charge < -0.3 is 20.1 Å². The maximum absolute atomic E-state index is 11.0. The van der Waals surface area contributed by atoms with Crippen LogP contribution in [0, 0.1) is 15.3 Å². The highest BCUT2D eigenvalue weighted by molar-refractivity contribution is 5.86. The molecule has 0 aliphatic heterocycles. The molecule has 0 amide bonds. The van der Waals surface area contributed by atoms with Crippen molar-refractivity contribution < 1.29 is 19.2 Å². The van der Waals surface area contributed by atoms with Crippen LogP contribution >= 0.6 is 0 Å². The summed E-state index contributed by atoms with van der Waals surface area (Å²) in [6.07, 6.45) is 3.85. The van der Waals surface area contributed by atoms with E-state index in [4.69, 9.17) is 20.1 Å². The zero-order valence-corrected chi connectivity index (χ0v) is 9.94. The molecule has 0 saturated heterocycles. The maximum atomic E-state index is 11.0. The fraction of sp³-hybridized carbons (Fsp3) is 0.273. The van der Waals surface area contributed by atoms with Crippen molar-refractivity contribution >= 4 is 5.97 Å². The molecule has 18 heavy (non-hydrogen) atoms. The number of ether oxygens (including phenoxy) is 1. The molecular formula is C11H14N2O5. The highest BCUT2D eigenvalue weighted by Crippen LogP contribution is 1.91. The lowest BCUT2D eigenvalue weighted by atomic mass is 10.4. The van der Waals surface area contributed by atoms with Crippen LogP contribution in [0.3, 0.4) is 0 Å². The van der Waals surface area contributed by atoms with Gasteiger partial charge in [-0.2, -0.15) is 0 Å². The largest absolute Gasteiger partial charge is 0.456 e. The van der Waals surface area contributed by atoms with Crippen molar-refractivity contribution in [3.05, 3.63) is 58.1 Å². The molecule has 1 aromatic rings. The van der Waals surface area contributed by atoms with E-state index in [0.717, 1.165) is 0 Å². The van der Waals surface area contributed by atoms with Crippen LogP contribution < -0.4 is 4.57 Å². The van der Waals surface area contributed by atoms with Crippen molar-refractivity contribution in [2.24, 2.45) is 0 Å². The Morgan fingerprint density at radius 3 is 2.28 bits per heavy atom. The van der Waals surface area contributed by atoms with E-state index in [2.05, 4.69) is 6.58 Å². The van der Waals surface area contributed by atoms with E-state index in [1.807, 2.05) is 35.2 Å². The summed E-state index contributed by atoms with van der Waals surface area (Å²) in [7, 11) is 0. The van der Waals surface area contributed by atoms with Gasteiger partial charge in [0.05, 0.1) is 5.09 Å². The normalized spacial score (nSPS) is 8.72. The summed E-state index contributed by atoms with van der Waals surface area (Å²) in [6.45, 7) is 6.18. The molecule has 0 saturated carbocycles. The summed E-state index contributed by atoms with van der Waals surface area (Å²) >= 11 is 0. The minimum absolute atomic E-state index is 0.332. The molecule has 7 heteroatoms. The third-order valence-electron chi connectivity index (χ3n) is 1.71. The molecule has 0 aliphatic rings. The number of hydrogen-bond donors (Lipinski definition) is 0. The van der Waals surface area contributed by atoms with Crippen LogP contribution in [0.25, 0.3) is 0 Å². The van der Waals surface area contributed by atoms with Gasteiger partial charge in [0.2, 0.25) is 0 Å². The second-order valence-corrected chi connectivity index (χ2v) is 3.25. The summed E-state index contributed by atoms with van der Waals surface area (Å²) in [5.41, 5.74) is 0.433. The van der Waals surface area contributed by atoms with Gasteiger partial charge in [-0.3, -0.25) is 0 Å². The molecule has 0 bridgehead atoms. The summed E-state index contributed by atoms with van der Waals surface area (Å²) in [4.78, 5) is 19.3. The predicted octanol–water partition coefficient (Wildman–Crippen LogP) is 0.854. The third-order valence-corrected chi connectivity index (χ3v) is 1.71. The van der Waals surface area contributed by atoms with Crippen LogP contribution in [0.15, 0.2) is 42.7 Å². The van der Waals surface area contributed by atoms with E-state index >= 15 is 0 Å². The maximum Gasteiger partial charge on any atom is 0.333 e. The van der Waals surface area contributed by atoms with E-state index < -0.39 is 5.09 Å². The highest BCUT2D eigenvalue weighted by atomic mass is 16.9. The van der Waals surface area contributed by atoms with Crippen LogP contribution in [0.1, 0.15) is 6.92 Å². The van der Waals surface area contributed by atoms with Gasteiger partial charge in [-0.25, -0.2) is 9.36 Å². The molecule has 0 radical (unpaired) electrons. The lowest BCUT2D eigenvalue weighted by Gasteiger charge is -2.00. The summed E-state index contributed by atoms with van der Waals surface area (Å²) in [5.74, 6) is -0.332. The summed E-state index contributed by atoms with van der Waals surface area (Å²) in [6, 6.07) is 5.80. The Morgan fingerprint density at radius 2 is 1.83 bits per heavy atom. The van der Waals surface area contributed by atoms with Crippen LogP contribution in [0.5, 0.6) is 0 Å². The van der Waals surface area contributed by atoms with Crippen molar-refractivity contribution in [2.75, 3.05) is 6.61 Å². The number of nitrogens with zero attached hydrogens (tertiary/aromatic N) is 2. The highest BCUT2D eigenvalue weighted by Gasteiger charge is 2.04. The van der Waals surface area contributed by atoms with Crippen molar-refractivity contribution in [1.29, 1.82) is 0 Å². The number of hydrogen-bond acceptors (Lipinski definition) is 5. The Bertz CT molecular complexity index is 401. The first-order valence-corrected chi connectivity index (χ1v) is 5.01. The van der Waals surface area contributed by atoms with Gasteiger partial charge in [-0.05, 0) is 6.92 Å². The summed E-state index contributed by atoms with van der Waals surface area (Å²) < 4.78 is 6.90. The molecule has 0 N–H and O–H groups in total. The molecule has 0 spiro atoms. The minimum atomic E-state index is -1.75. The fourth-order valence-corrected chi connectivity index (χ4v) is 0.950. The Labute approximate surface area is 104 Å². The minimum Gasteiger partial charge on any atom is -0.456 e. The lowest BCUT2D eigenvalue weighted by molar-refractivity contribution is -0.697. The topological polar surface area (TPSA) is 96.4 Å². The van der Waals surface area contributed by atoms with Gasteiger partial charge in [0.1, 0.15) is 0 Å². The Morgan fingerprint density at radius 1 is 1.33 bits per heavy atom. The number of pyridine rings is 1. The predicted molar refractivity (Wildman–Crippen MR) is 62.8 cm³/mol. The molecule has 0 aliphatic carbocycles. The molecule has 0 unspecified atom stereocenters. The molecule has 0 aromatic carbocycles. The molecule has 7 nitrogen and oxygen atoms in total. The number of carbonyl (C=O) groups excluding carboxylic acids is 1. The Kier molecular flexibility index (Phi) is 7.51. The van der Waals surface area contributed by atoms with Crippen molar-refractivity contribution in [2.45, 2.75) is 13.5 Å². The van der Waals surface area contributed by atoms with E-state index in [-0.39, 0.29) is 5.97 Å². The number of aromatic nitrogens is 1. The average molecular weight is 254 g/mol. The van der Waals surface area contributed by atoms with Crippen LogP contribution in [-0.2, 0) is 16.1 Å². The van der Waals surface area contributed by atoms with Crippen LogP contribution in [-0.4, -0.2) is 17.7 Å². The quantitative estimate of drug-likeness (QED) is 0.261. The molecular weight excluding hydrogens is 240 g/mol. The van der Waals surface area contributed by atoms with Gasteiger partial charge in [-0.15, -0.1) is 0 Å². The Hall–Kier alpha value is -2.44. The van der Waals surface area contributed by atoms with Gasteiger partial charge in [-0.1, -0.05) is 12.6 Å².